The Morgan fingerprint density at radius 3 is 2.74 bits per heavy atom. The summed E-state index contributed by atoms with van der Waals surface area (Å²) in [5, 5.41) is 10.8. The summed E-state index contributed by atoms with van der Waals surface area (Å²) in [6.07, 6.45) is 0. The second-order valence-electron chi connectivity index (χ2n) is 4.83. The van der Waals surface area contributed by atoms with Gasteiger partial charge in [0.25, 0.3) is 0 Å². The lowest BCUT2D eigenvalue weighted by atomic mass is 10.1. The number of aromatic amines is 1. The van der Waals surface area contributed by atoms with Gasteiger partial charge >= 0.3 is 0 Å². The molecule has 0 amide bonds. The highest BCUT2D eigenvalue weighted by Crippen LogP contribution is 2.22. The Bertz CT molecular complexity index is 849. The molecule has 1 heterocycles. The molecule has 3 rings (SSSR count). The first-order chi connectivity index (χ1) is 11.3. The van der Waals surface area contributed by atoms with E-state index in [4.69, 9.17) is 10.3 Å². The van der Waals surface area contributed by atoms with Crippen LogP contribution in [0, 0.1) is 0 Å². The first-order valence-corrected chi connectivity index (χ1v) is 6.97. The summed E-state index contributed by atoms with van der Waals surface area (Å²) in [5.41, 5.74) is 11.1. The van der Waals surface area contributed by atoms with E-state index in [0.29, 0.717) is 18.2 Å². The molecule has 0 atom stereocenters. The van der Waals surface area contributed by atoms with Crippen LogP contribution in [0.15, 0.2) is 53.6 Å². The second-order valence-corrected chi connectivity index (χ2v) is 4.83. The maximum atomic E-state index is 8.40. The molecule has 2 aromatic carbocycles. The number of ether oxygens (including phenoxy) is 1. The highest BCUT2D eigenvalue weighted by atomic mass is 16.5. The van der Waals surface area contributed by atoms with Gasteiger partial charge in [0.05, 0.1) is 13.7 Å². The molecule has 0 aliphatic heterocycles. The first kappa shape index (κ1) is 14.6. The number of hydrogen-bond donors (Lipinski definition) is 1. The van der Waals surface area contributed by atoms with Crippen molar-refractivity contribution in [3.8, 4) is 28.5 Å². The molecule has 7 nitrogen and oxygen atoms in total. The number of benzene rings is 2. The van der Waals surface area contributed by atoms with Gasteiger partial charge in [0.2, 0.25) is 0 Å². The zero-order valence-corrected chi connectivity index (χ0v) is 12.5. The van der Waals surface area contributed by atoms with Gasteiger partial charge < -0.3 is 4.74 Å². The van der Waals surface area contributed by atoms with E-state index in [1.54, 1.807) is 7.11 Å². The Hall–Kier alpha value is -3.31. The molecule has 0 radical (unpaired) electrons. The van der Waals surface area contributed by atoms with Crippen LogP contribution in [0.25, 0.3) is 33.2 Å². The number of methoxy groups -OCH3 is 1. The highest BCUT2D eigenvalue weighted by molar-refractivity contribution is 5.62. The molecular formula is C16H14N6O. The molecular weight excluding hydrogens is 292 g/mol. The third-order valence-electron chi connectivity index (χ3n) is 3.35. The Morgan fingerprint density at radius 1 is 1.17 bits per heavy atom. The van der Waals surface area contributed by atoms with Crippen LogP contribution in [0.2, 0.25) is 0 Å². The van der Waals surface area contributed by atoms with Crippen molar-refractivity contribution in [3.05, 3.63) is 64.5 Å². The molecule has 23 heavy (non-hydrogen) atoms. The summed E-state index contributed by atoms with van der Waals surface area (Å²) in [7, 11) is 1.63. The van der Waals surface area contributed by atoms with E-state index < -0.39 is 0 Å². The van der Waals surface area contributed by atoms with E-state index in [-0.39, 0.29) is 0 Å². The van der Waals surface area contributed by atoms with Gasteiger partial charge in [-0.2, -0.15) is 5.10 Å². The zero-order valence-electron chi connectivity index (χ0n) is 12.5. The van der Waals surface area contributed by atoms with E-state index in [1.807, 2.05) is 48.5 Å². The summed E-state index contributed by atoms with van der Waals surface area (Å²) in [6.45, 7) is 0.306. The minimum atomic E-state index is 0.306. The molecule has 1 aromatic heterocycles. The highest BCUT2D eigenvalue weighted by Gasteiger charge is 2.08. The van der Waals surface area contributed by atoms with Crippen molar-refractivity contribution in [2.45, 2.75) is 6.54 Å². The topological polar surface area (TPSA) is 99.6 Å². The van der Waals surface area contributed by atoms with Crippen molar-refractivity contribution in [2.75, 3.05) is 7.11 Å². The lowest BCUT2D eigenvalue weighted by Gasteiger charge is -2.00. The molecule has 114 valence electrons. The second kappa shape index (κ2) is 6.64. The molecule has 0 aliphatic carbocycles. The van der Waals surface area contributed by atoms with Gasteiger partial charge in [0.15, 0.2) is 11.6 Å². The molecule has 0 unspecified atom stereocenters. The predicted molar refractivity (Wildman–Crippen MR) is 86.7 cm³/mol. The Morgan fingerprint density at radius 2 is 2.00 bits per heavy atom. The minimum absolute atomic E-state index is 0.306. The average molecular weight is 306 g/mol. The molecule has 0 saturated heterocycles. The maximum absolute atomic E-state index is 8.40. The van der Waals surface area contributed by atoms with Crippen LogP contribution in [-0.2, 0) is 6.54 Å². The van der Waals surface area contributed by atoms with Crippen LogP contribution in [0.4, 0.5) is 0 Å². The third-order valence-corrected chi connectivity index (χ3v) is 3.35. The molecule has 0 fully saturated rings. The van der Waals surface area contributed by atoms with Gasteiger partial charge in [-0.25, -0.2) is 4.98 Å². The van der Waals surface area contributed by atoms with E-state index in [0.717, 1.165) is 22.4 Å². The number of hydrogen-bond acceptors (Lipinski definition) is 4. The number of rotatable bonds is 5. The summed E-state index contributed by atoms with van der Waals surface area (Å²) in [5.74, 6) is 2.07. The molecule has 0 saturated carbocycles. The van der Waals surface area contributed by atoms with E-state index >= 15 is 0 Å². The lowest BCUT2D eigenvalue weighted by Crippen LogP contribution is -1.85. The molecule has 0 spiro atoms. The van der Waals surface area contributed by atoms with Crippen LogP contribution >= 0.6 is 0 Å². The largest absolute Gasteiger partial charge is 0.497 e. The van der Waals surface area contributed by atoms with Crippen molar-refractivity contribution < 1.29 is 4.74 Å². The number of aromatic nitrogens is 3. The van der Waals surface area contributed by atoms with Gasteiger partial charge in [-0.3, -0.25) is 5.10 Å². The third kappa shape index (κ3) is 3.30. The van der Waals surface area contributed by atoms with Crippen molar-refractivity contribution in [3.63, 3.8) is 0 Å². The van der Waals surface area contributed by atoms with Gasteiger partial charge in [0.1, 0.15) is 5.75 Å². The molecule has 1 N–H and O–H groups in total. The number of azide groups is 1. The zero-order chi connectivity index (χ0) is 16.1. The normalized spacial score (nSPS) is 10.1. The quantitative estimate of drug-likeness (QED) is 0.438. The SMILES string of the molecule is COc1ccc(-c2nc(-c3cccc(CN=[N+]=[N-])c3)n[nH]2)cc1. The van der Waals surface area contributed by atoms with Crippen molar-refractivity contribution >= 4 is 0 Å². The van der Waals surface area contributed by atoms with Crippen LogP contribution in [0.1, 0.15) is 5.56 Å². The van der Waals surface area contributed by atoms with Crippen LogP contribution in [0.3, 0.4) is 0 Å². The standard InChI is InChI=1S/C16H14N6O/c1-23-14-7-5-12(6-8-14)15-19-16(21-20-15)13-4-2-3-11(9-13)10-18-22-17/h2-9H,10H2,1H3,(H,19,20,21). The first-order valence-electron chi connectivity index (χ1n) is 6.97. The Balaban J connectivity index is 1.87. The van der Waals surface area contributed by atoms with Gasteiger partial charge in [0, 0.05) is 16.0 Å². The van der Waals surface area contributed by atoms with Crippen LogP contribution in [0.5, 0.6) is 5.75 Å². The van der Waals surface area contributed by atoms with Gasteiger partial charge in [-0.1, -0.05) is 23.3 Å². The van der Waals surface area contributed by atoms with E-state index in [1.165, 1.54) is 0 Å². The minimum Gasteiger partial charge on any atom is -0.497 e. The van der Waals surface area contributed by atoms with E-state index in [9.17, 15) is 0 Å². The number of nitrogens with one attached hydrogen (secondary N) is 1. The number of H-pyrrole nitrogens is 1. The van der Waals surface area contributed by atoms with Gasteiger partial charge in [-0.15, -0.1) is 0 Å². The molecule has 0 bridgehead atoms. The van der Waals surface area contributed by atoms with Gasteiger partial charge in [-0.05, 0) is 41.4 Å². The van der Waals surface area contributed by atoms with Crippen LogP contribution < -0.4 is 4.74 Å². The smallest absolute Gasteiger partial charge is 0.181 e. The Kier molecular flexibility index (Phi) is 4.22. The fourth-order valence-corrected chi connectivity index (χ4v) is 2.19. The molecule has 3 aromatic rings. The summed E-state index contributed by atoms with van der Waals surface area (Å²) in [4.78, 5) is 7.29. The Labute approximate surface area is 132 Å². The number of nitrogens with zero attached hydrogens (tertiary/aromatic N) is 5. The predicted octanol–water partition coefficient (Wildman–Crippen LogP) is 3.96. The van der Waals surface area contributed by atoms with Crippen molar-refractivity contribution in [1.82, 2.24) is 15.2 Å². The fourth-order valence-electron chi connectivity index (χ4n) is 2.19. The lowest BCUT2D eigenvalue weighted by molar-refractivity contribution is 0.415. The van der Waals surface area contributed by atoms with Crippen molar-refractivity contribution in [2.24, 2.45) is 5.11 Å². The maximum Gasteiger partial charge on any atom is 0.181 e. The molecule has 0 aliphatic rings. The fraction of sp³-hybridized carbons (Fsp3) is 0.125. The molecule has 7 heteroatoms. The summed E-state index contributed by atoms with van der Waals surface area (Å²) in [6, 6.07) is 15.2. The average Bonchev–Trinajstić information content (AvgIpc) is 3.10. The summed E-state index contributed by atoms with van der Waals surface area (Å²) < 4.78 is 5.14. The monoisotopic (exact) mass is 306 g/mol. The van der Waals surface area contributed by atoms with Crippen molar-refractivity contribution in [1.29, 1.82) is 0 Å². The van der Waals surface area contributed by atoms with E-state index in [2.05, 4.69) is 25.2 Å². The summed E-state index contributed by atoms with van der Waals surface area (Å²) >= 11 is 0. The van der Waals surface area contributed by atoms with Crippen LogP contribution in [-0.4, -0.2) is 22.3 Å².